The number of methoxy groups -OCH3 is 1. The van der Waals surface area contributed by atoms with Crippen LogP contribution >= 0.6 is 0 Å². The molecule has 0 radical (unpaired) electrons. The molecule has 1 N–H and O–H groups in total. The van der Waals surface area contributed by atoms with Gasteiger partial charge < -0.3 is 9.84 Å². The van der Waals surface area contributed by atoms with Gasteiger partial charge in [-0.2, -0.15) is 0 Å². The molecule has 0 spiro atoms. The van der Waals surface area contributed by atoms with Gasteiger partial charge in [-0.05, 0) is 18.4 Å². The highest BCUT2D eigenvalue weighted by molar-refractivity contribution is 5.94. The molecule has 1 aliphatic rings. The standard InChI is InChI=1S/C14H18N2O5/c1-21-11-5-7-15(8-6-11)9-10-3-2-4-12(16(19)20)13(10)14(17)18/h2-4,11H,5-9H2,1H3,(H,17,18). The normalized spacial score (nSPS) is 16.8. The van der Waals surface area contributed by atoms with Crippen molar-refractivity contribution in [2.24, 2.45) is 0 Å². The van der Waals surface area contributed by atoms with Crippen molar-refractivity contribution < 1.29 is 19.6 Å². The van der Waals surface area contributed by atoms with Crippen LogP contribution in [-0.2, 0) is 11.3 Å². The molecular formula is C14H18N2O5. The third-order valence-electron chi connectivity index (χ3n) is 3.80. The fraction of sp³-hybridized carbons (Fsp3) is 0.500. The van der Waals surface area contributed by atoms with Gasteiger partial charge in [0.15, 0.2) is 0 Å². The Labute approximate surface area is 122 Å². The summed E-state index contributed by atoms with van der Waals surface area (Å²) in [6.07, 6.45) is 2.01. The van der Waals surface area contributed by atoms with Crippen LogP contribution in [0.15, 0.2) is 18.2 Å². The van der Waals surface area contributed by atoms with Crippen LogP contribution in [0.1, 0.15) is 28.8 Å². The Morgan fingerprint density at radius 1 is 1.48 bits per heavy atom. The molecule has 21 heavy (non-hydrogen) atoms. The van der Waals surface area contributed by atoms with E-state index in [1.165, 1.54) is 12.1 Å². The van der Waals surface area contributed by atoms with Crippen molar-refractivity contribution in [1.82, 2.24) is 4.90 Å². The molecule has 114 valence electrons. The van der Waals surface area contributed by atoms with Crippen molar-refractivity contribution in [3.8, 4) is 0 Å². The van der Waals surface area contributed by atoms with Crippen molar-refractivity contribution >= 4 is 11.7 Å². The molecule has 1 saturated heterocycles. The Morgan fingerprint density at radius 3 is 2.67 bits per heavy atom. The minimum atomic E-state index is -1.26. The maximum absolute atomic E-state index is 11.3. The molecule has 0 bridgehead atoms. The third kappa shape index (κ3) is 3.56. The summed E-state index contributed by atoms with van der Waals surface area (Å²) in [7, 11) is 1.68. The van der Waals surface area contributed by atoms with E-state index in [1.807, 2.05) is 0 Å². The molecule has 7 heteroatoms. The van der Waals surface area contributed by atoms with Crippen molar-refractivity contribution in [2.75, 3.05) is 20.2 Å². The molecule has 1 aromatic rings. The monoisotopic (exact) mass is 294 g/mol. The summed E-state index contributed by atoms with van der Waals surface area (Å²) in [6, 6.07) is 4.39. The molecule has 0 aliphatic carbocycles. The number of ether oxygens (including phenoxy) is 1. The average molecular weight is 294 g/mol. The highest BCUT2D eigenvalue weighted by Gasteiger charge is 2.26. The van der Waals surface area contributed by atoms with E-state index >= 15 is 0 Å². The Hall–Kier alpha value is -1.99. The van der Waals surface area contributed by atoms with E-state index in [0.29, 0.717) is 12.1 Å². The molecular weight excluding hydrogens is 276 g/mol. The molecule has 0 unspecified atom stereocenters. The van der Waals surface area contributed by atoms with Gasteiger partial charge in [-0.3, -0.25) is 15.0 Å². The molecule has 1 fully saturated rings. The largest absolute Gasteiger partial charge is 0.477 e. The third-order valence-corrected chi connectivity index (χ3v) is 3.80. The summed E-state index contributed by atoms with van der Waals surface area (Å²) >= 11 is 0. The first-order valence-corrected chi connectivity index (χ1v) is 6.77. The number of carboxylic acids is 1. The van der Waals surface area contributed by atoms with Crippen molar-refractivity contribution in [3.05, 3.63) is 39.4 Å². The second-order valence-corrected chi connectivity index (χ2v) is 5.08. The molecule has 2 rings (SSSR count). The smallest absolute Gasteiger partial charge is 0.343 e. The van der Waals surface area contributed by atoms with Gasteiger partial charge in [0.25, 0.3) is 5.69 Å². The van der Waals surface area contributed by atoms with Crippen LogP contribution in [0.25, 0.3) is 0 Å². The summed E-state index contributed by atoms with van der Waals surface area (Å²) in [5.41, 5.74) is -0.0873. The maximum atomic E-state index is 11.3. The molecule has 1 aliphatic heterocycles. The number of hydrogen-bond acceptors (Lipinski definition) is 5. The highest BCUT2D eigenvalue weighted by atomic mass is 16.6. The van der Waals surface area contributed by atoms with Gasteiger partial charge >= 0.3 is 5.97 Å². The zero-order chi connectivity index (χ0) is 15.4. The molecule has 1 aromatic carbocycles. The van der Waals surface area contributed by atoms with Gasteiger partial charge in [-0.25, -0.2) is 4.79 Å². The number of carbonyl (C=O) groups is 1. The lowest BCUT2D eigenvalue weighted by molar-refractivity contribution is -0.385. The number of likely N-dealkylation sites (tertiary alicyclic amines) is 1. The summed E-state index contributed by atoms with van der Waals surface area (Å²) in [6.45, 7) is 1.99. The van der Waals surface area contributed by atoms with Crippen LogP contribution in [0, 0.1) is 10.1 Å². The topological polar surface area (TPSA) is 92.9 Å². The first-order valence-electron chi connectivity index (χ1n) is 6.77. The van der Waals surface area contributed by atoms with E-state index in [-0.39, 0.29) is 17.4 Å². The quantitative estimate of drug-likeness (QED) is 0.658. The van der Waals surface area contributed by atoms with Crippen LogP contribution < -0.4 is 0 Å². The molecule has 0 amide bonds. The first-order chi connectivity index (χ1) is 10.0. The molecule has 7 nitrogen and oxygen atoms in total. The zero-order valence-electron chi connectivity index (χ0n) is 11.8. The van der Waals surface area contributed by atoms with Gasteiger partial charge in [-0.15, -0.1) is 0 Å². The minimum Gasteiger partial charge on any atom is -0.477 e. The fourth-order valence-corrected chi connectivity index (χ4v) is 2.66. The van der Waals surface area contributed by atoms with Crippen molar-refractivity contribution in [1.29, 1.82) is 0 Å². The van der Waals surface area contributed by atoms with Crippen molar-refractivity contribution in [2.45, 2.75) is 25.5 Å². The van der Waals surface area contributed by atoms with Gasteiger partial charge in [0, 0.05) is 32.8 Å². The Kier molecular flexibility index (Phi) is 4.87. The number of benzene rings is 1. The molecule has 1 heterocycles. The number of rotatable bonds is 5. The lowest BCUT2D eigenvalue weighted by atomic mass is 10.0. The lowest BCUT2D eigenvalue weighted by Crippen LogP contribution is -2.36. The lowest BCUT2D eigenvalue weighted by Gasteiger charge is -2.31. The number of nitro benzene ring substituents is 1. The second-order valence-electron chi connectivity index (χ2n) is 5.08. The van der Waals surface area contributed by atoms with Crippen molar-refractivity contribution in [3.63, 3.8) is 0 Å². The Balaban J connectivity index is 2.19. The van der Waals surface area contributed by atoms with E-state index in [9.17, 15) is 20.0 Å². The van der Waals surface area contributed by atoms with E-state index in [1.54, 1.807) is 13.2 Å². The maximum Gasteiger partial charge on any atom is 0.343 e. The number of carboxylic acid groups (broad SMARTS) is 1. The summed E-state index contributed by atoms with van der Waals surface area (Å²) < 4.78 is 5.29. The van der Waals surface area contributed by atoms with Crippen LogP contribution in [0.4, 0.5) is 5.69 Å². The predicted octanol–water partition coefficient (Wildman–Crippen LogP) is 1.90. The Bertz CT molecular complexity index is 538. The van der Waals surface area contributed by atoms with Crippen LogP contribution in [0.5, 0.6) is 0 Å². The predicted molar refractivity (Wildman–Crippen MR) is 75.4 cm³/mol. The van der Waals surface area contributed by atoms with E-state index in [2.05, 4.69) is 4.90 Å². The number of nitrogens with zero attached hydrogens (tertiary/aromatic N) is 2. The fourth-order valence-electron chi connectivity index (χ4n) is 2.66. The zero-order valence-corrected chi connectivity index (χ0v) is 11.8. The van der Waals surface area contributed by atoms with Crippen LogP contribution in [0.3, 0.4) is 0 Å². The molecule has 0 atom stereocenters. The summed E-state index contributed by atoms with van der Waals surface area (Å²) in [5, 5.41) is 20.2. The van der Waals surface area contributed by atoms with E-state index < -0.39 is 10.9 Å². The van der Waals surface area contributed by atoms with Crippen LogP contribution in [0.2, 0.25) is 0 Å². The number of piperidine rings is 1. The van der Waals surface area contributed by atoms with Gasteiger partial charge in [0.1, 0.15) is 5.56 Å². The average Bonchev–Trinajstić information content (AvgIpc) is 2.47. The SMILES string of the molecule is COC1CCN(Cc2cccc([N+](=O)[O-])c2C(=O)O)CC1. The van der Waals surface area contributed by atoms with Gasteiger partial charge in [0.2, 0.25) is 0 Å². The highest BCUT2D eigenvalue weighted by Crippen LogP contribution is 2.25. The van der Waals surface area contributed by atoms with E-state index in [4.69, 9.17) is 4.74 Å². The summed E-state index contributed by atoms with van der Waals surface area (Å²) in [5.74, 6) is -1.26. The Morgan fingerprint density at radius 2 is 2.14 bits per heavy atom. The van der Waals surface area contributed by atoms with Gasteiger partial charge in [0.05, 0.1) is 11.0 Å². The minimum absolute atomic E-state index is 0.212. The molecule has 0 saturated carbocycles. The van der Waals surface area contributed by atoms with E-state index in [0.717, 1.165) is 25.9 Å². The molecule has 0 aromatic heterocycles. The second kappa shape index (κ2) is 6.64. The number of hydrogen-bond donors (Lipinski definition) is 1. The number of aromatic carboxylic acids is 1. The number of nitro groups is 1. The van der Waals surface area contributed by atoms with Crippen LogP contribution in [-0.4, -0.2) is 47.2 Å². The van der Waals surface area contributed by atoms with Gasteiger partial charge in [-0.1, -0.05) is 12.1 Å². The first kappa shape index (κ1) is 15.4. The summed E-state index contributed by atoms with van der Waals surface area (Å²) in [4.78, 5) is 23.8.